The van der Waals surface area contributed by atoms with Crippen LogP contribution in [-0.2, 0) is 10.1 Å². The fourth-order valence-corrected chi connectivity index (χ4v) is 2.86. The Morgan fingerprint density at radius 1 is 0.719 bits per heavy atom. The van der Waals surface area contributed by atoms with Crippen molar-refractivity contribution in [3.05, 3.63) is 0 Å². The number of nitrogens with zero attached hydrogens (tertiary/aromatic N) is 1. The molecular formula is C15H23F12NO3S. The summed E-state index contributed by atoms with van der Waals surface area (Å²) in [4.78, 5) is 0. The molecule has 0 bridgehead atoms. The van der Waals surface area contributed by atoms with Crippen molar-refractivity contribution in [2.24, 2.45) is 0 Å². The van der Waals surface area contributed by atoms with Crippen LogP contribution in [0, 0.1) is 0 Å². The highest BCUT2D eigenvalue weighted by atomic mass is 32.2. The van der Waals surface area contributed by atoms with Crippen LogP contribution in [0.15, 0.2) is 0 Å². The highest BCUT2D eigenvalue weighted by molar-refractivity contribution is 7.86. The molecule has 0 saturated carbocycles. The zero-order chi connectivity index (χ0) is 26.6. The largest absolute Gasteiger partial charge is 0.743 e. The van der Waals surface area contributed by atoms with Crippen LogP contribution in [0.4, 0.5) is 52.7 Å². The van der Waals surface area contributed by atoms with Gasteiger partial charge in [0.25, 0.3) is 0 Å². The van der Waals surface area contributed by atoms with Gasteiger partial charge in [0.15, 0.2) is 16.3 Å². The predicted molar refractivity (Wildman–Crippen MR) is 87.5 cm³/mol. The third kappa shape index (κ3) is 6.77. The maximum atomic E-state index is 12.8. The lowest BCUT2D eigenvalue weighted by atomic mass is 9.98. The summed E-state index contributed by atoms with van der Waals surface area (Å²) in [6.45, 7) is 14.2. The molecular weight excluding hydrogens is 502 g/mol. The molecule has 196 valence electrons. The van der Waals surface area contributed by atoms with E-state index in [-0.39, 0.29) is 0 Å². The van der Waals surface area contributed by atoms with Gasteiger partial charge in [-0.15, -0.1) is 0 Å². The van der Waals surface area contributed by atoms with Gasteiger partial charge >= 0.3 is 29.2 Å². The van der Waals surface area contributed by atoms with Gasteiger partial charge in [0.2, 0.25) is 0 Å². The second-order valence-corrected chi connectivity index (χ2v) is 8.06. The van der Waals surface area contributed by atoms with E-state index in [0.717, 1.165) is 0 Å². The van der Waals surface area contributed by atoms with E-state index in [2.05, 4.69) is 27.7 Å². The van der Waals surface area contributed by atoms with Crippen LogP contribution >= 0.6 is 0 Å². The zero-order valence-electron chi connectivity index (χ0n) is 17.2. The molecule has 0 heterocycles. The van der Waals surface area contributed by atoms with Crippen LogP contribution in [0.3, 0.4) is 0 Å². The Kier molecular flexibility index (Phi) is 10.9. The zero-order valence-corrected chi connectivity index (χ0v) is 18.0. The Hall–Kier alpha value is -0.970. The molecule has 17 heteroatoms. The molecule has 0 rings (SSSR count). The Morgan fingerprint density at radius 2 is 1.03 bits per heavy atom. The molecule has 0 amide bonds. The van der Waals surface area contributed by atoms with E-state index in [0.29, 0.717) is 0 Å². The molecule has 1 unspecified atom stereocenters. The van der Waals surface area contributed by atoms with Crippen LogP contribution in [0.1, 0.15) is 34.1 Å². The molecule has 4 nitrogen and oxygen atoms in total. The normalized spacial score (nSPS) is 15.8. The molecule has 0 aromatic rings. The van der Waals surface area contributed by atoms with Gasteiger partial charge in [0.05, 0.1) is 32.6 Å². The molecule has 0 aliphatic carbocycles. The minimum Gasteiger partial charge on any atom is -0.743 e. The van der Waals surface area contributed by atoms with Gasteiger partial charge in [-0.25, -0.2) is 12.8 Å². The van der Waals surface area contributed by atoms with Gasteiger partial charge in [-0.3, -0.25) is 0 Å². The van der Waals surface area contributed by atoms with E-state index in [1.807, 2.05) is 0 Å². The van der Waals surface area contributed by atoms with Crippen molar-refractivity contribution in [2.45, 2.75) is 69.5 Å². The van der Waals surface area contributed by atoms with Crippen LogP contribution < -0.4 is 0 Å². The molecule has 0 N–H and O–H groups in total. The number of rotatable bonds is 10. The Balaban J connectivity index is 0. The summed E-state index contributed by atoms with van der Waals surface area (Å²) in [6, 6.07) is 0. The van der Waals surface area contributed by atoms with Crippen LogP contribution in [0.5, 0.6) is 0 Å². The molecule has 0 spiro atoms. The Morgan fingerprint density at radius 3 is 1.22 bits per heavy atom. The first-order valence-electron chi connectivity index (χ1n) is 8.89. The molecule has 0 aliphatic heterocycles. The first-order valence-corrected chi connectivity index (χ1v) is 10.3. The van der Waals surface area contributed by atoms with Crippen molar-refractivity contribution >= 4 is 10.1 Å². The molecule has 0 saturated heterocycles. The number of alkyl halides is 12. The quantitative estimate of drug-likeness (QED) is 0.224. The van der Waals surface area contributed by atoms with Crippen LogP contribution in [0.25, 0.3) is 0 Å². The highest BCUT2D eigenvalue weighted by Crippen LogP contribution is 2.56. The summed E-state index contributed by atoms with van der Waals surface area (Å²) in [5, 5.41) is -7.36. The summed E-state index contributed by atoms with van der Waals surface area (Å²) in [5.74, 6) is -22.4. The molecule has 0 aromatic carbocycles. The lowest BCUT2D eigenvalue weighted by molar-refractivity contribution is -0.921. The van der Waals surface area contributed by atoms with Crippen molar-refractivity contribution in [1.29, 1.82) is 0 Å². The molecule has 32 heavy (non-hydrogen) atoms. The average Bonchev–Trinajstić information content (AvgIpc) is 2.61. The third-order valence-corrected chi connectivity index (χ3v) is 5.86. The van der Waals surface area contributed by atoms with Crippen molar-refractivity contribution in [2.75, 3.05) is 26.2 Å². The number of quaternary nitrogens is 1. The number of halogens is 12. The predicted octanol–water partition coefficient (Wildman–Crippen LogP) is 5.20. The fraction of sp³-hybridized carbons (Fsp3) is 1.00. The van der Waals surface area contributed by atoms with E-state index < -0.39 is 51.9 Å². The number of hydrogen-bond donors (Lipinski definition) is 0. The summed E-state index contributed by atoms with van der Waals surface area (Å²) >= 11 is 0. The van der Waals surface area contributed by atoms with E-state index in [9.17, 15) is 65.7 Å². The molecule has 1 atom stereocenters. The smallest absolute Gasteiger partial charge is 0.402 e. The van der Waals surface area contributed by atoms with Gasteiger partial charge in [0.1, 0.15) is 0 Å². The molecule has 0 fully saturated rings. The van der Waals surface area contributed by atoms with Crippen LogP contribution in [0.2, 0.25) is 0 Å². The van der Waals surface area contributed by atoms with E-state index >= 15 is 0 Å². The Bertz CT molecular complexity index is 673. The average molecular weight is 525 g/mol. The highest BCUT2D eigenvalue weighted by Gasteiger charge is 2.84. The summed E-state index contributed by atoms with van der Waals surface area (Å²) < 4.78 is 180. The lowest BCUT2D eigenvalue weighted by Gasteiger charge is -2.38. The molecule has 0 radical (unpaired) electrons. The maximum Gasteiger partial charge on any atom is 0.402 e. The molecule has 0 aromatic heterocycles. The van der Waals surface area contributed by atoms with Gasteiger partial charge in [-0.05, 0) is 27.7 Å². The van der Waals surface area contributed by atoms with E-state index in [1.54, 1.807) is 0 Å². The SMILES string of the molecule is CC[N+](CC)(CC)CC.O=S(=O)([O-])C(F)(F)C(F)(F)C(F)(F)C(F)(F)C(F)CC(F)(F)F. The van der Waals surface area contributed by atoms with Gasteiger partial charge in [-0.1, -0.05) is 0 Å². The van der Waals surface area contributed by atoms with E-state index in [4.69, 9.17) is 0 Å². The Labute approximate surface area is 176 Å². The fourth-order valence-electron chi connectivity index (χ4n) is 2.42. The second-order valence-electron chi connectivity index (χ2n) is 6.64. The van der Waals surface area contributed by atoms with E-state index in [1.165, 1.54) is 30.7 Å². The van der Waals surface area contributed by atoms with Crippen LogP contribution in [-0.4, -0.2) is 79.0 Å². The third-order valence-electron chi connectivity index (χ3n) is 4.98. The summed E-state index contributed by atoms with van der Waals surface area (Å²) in [5.41, 5.74) is 0. The van der Waals surface area contributed by atoms with Crippen molar-refractivity contribution in [1.82, 2.24) is 0 Å². The van der Waals surface area contributed by atoms with Crippen molar-refractivity contribution in [3.63, 3.8) is 0 Å². The monoisotopic (exact) mass is 525 g/mol. The van der Waals surface area contributed by atoms with Crippen molar-refractivity contribution in [3.8, 4) is 0 Å². The number of hydrogen-bond acceptors (Lipinski definition) is 3. The first kappa shape index (κ1) is 33.2. The maximum absolute atomic E-state index is 12.8. The minimum atomic E-state index is -7.71. The second kappa shape index (κ2) is 10.5. The van der Waals surface area contributed by atoms with Gasteiger partial charge < -0.3 is 9.04 Å². The summed E-state index contributed by atoms with van der Waals surface area (Å²) in [6.07, 6.45) is -14.5. The van der Waals surface area contributed by atoms with Gasteiger partial charge in [0, 0.05) is 0 Å². The molecule has 0 aliphatic rings. The van der Waals surface area contributed by atoms with Crippen molar-refractivity contribution < 1.29 is 70.1 Å². The summed E-state index contributed by atoms with van der Waals surface area (Å²) in [7, 11) is -7.66. The standard InChI is InChI=1S/C8H20N.C7H4F12O3S/c1-5-9(6-2,7-3)8-4;8-2(1-3(9,10)11)4(12,13)5(14,15)6(16,17)7(18,19)23(20,21)22/h5-8H2,1-4H3;2H,1H2,(H,20,21,22)/q+1;/p-1. The first-order chi connectivity index (χ1) is 13.9. The minimum absolute atomic E-state index is 1.28. The van der Waals surface area contributed by atoms with Gasteiger partial charge in [-0.2, -0.15) is 48.3 Å². The lowest BCUT2D eigenvalue weighted by Crippen LogP contribution is -2.66. The topological polar surface area (TPSA) is 57.2 Å².